The largest absolute Gasteiger partial charge is 0.487 e. The van der Waals surface area contributed by atoms with Crippen molar-refractivity contribution in [2.75, 3.05) is 13.2 Å². The molecule has 0 unspecified atom stereocenters. The standard InChI is InChI=1S/C14H12F2O2/c15-11-5-1-3-7-13(11)17-9-10-18-14-8-4-2-6-12(14)16/h1-8H,9-10H2. The maximum atomic E-state index is 13.2. The van der Waals surface area contributed by atoms with Crippen LogP contribution in [0.4, 0.5) is 8.78 Å². The average molecular weight is 250 g/mol. The Kier molecular flexibility index (Phi) is 4.12. The van der Waals surface area contributed by atoms with E-state index in [9.17, 15) is 8.78 Å². The highest BCUT2D eigenvalue weighted by molar-refractivity contribution is 5.24. The van der Waals surface area contributed by atoms with Gasteiger partial charge in [0.05, 0.1) is 0 Å². The maximum Gasteiger partial charge on any atom is 0.165 e. The van der Waals surface area contributed by atoms with Crippen molar-refractivity contribution < 1.29 is 18.3 Å². The molecule has 18 heavy (non-hydrogen) atoms. The van der Waals surface area contributed by atoms with Crippen LogP contribution in [-0.2, 0) is 0 Å². The lowest BCUT2D eigenvalue weighted by Crippen LogP contribution is -2.10. The monoisotopic (exact) mass is 250 g/mol. The molecule has 0 fully saturated rings. The highest BCUT2D eigenvalue weighted by Gasteiger charge is 2.03. The van der Waals surface area contributed by atoms with Crippen molar-refractivity contribution in [1.29, 1.82) is 0 Å². The van der Waals surface area contributed by atoms with E-state index in [1.807, 2.05) is 0 Å². The van der Waals surface area contributed by atoms with Crippen LogP contribution < -0.4 is 9.47 Å². The van der Waals surface area contributed by atoms with E-state index in [2.05, 4.69) is 0 Å². The minimum atomic E-state index is -0.427. The molecule has 0 saturated carbocycles. The molecule has 0 radical (unpaired) electrons. The first-order valence-corrected chi connectivity index (χ1v) is 5.52. The highest BCUT2D eigenvalue weighted by atomic mass is 19.1. The van der Waals surface area contributed by atoms with Gasteiger partial charge in [0.1, 0.15) is 13.2 Å². The molecule has 0 bridgehead atoms. The van der Waals surface area contributed by atoms with Crippen LogP contribution in [0, 0.1) is 11.6 Å². The van der Waals surface area contributed by atoms with Crippen molar-refractivity contribution >= 4 is 0 Å². The van der Waals surface area contributed by atoms with Gasteiger partial charge in [-0.25, -0.2) is 8.78 Å². The van der Waals surface area contributed by atoms with E-state index in [4.69, 9.17) is 9.47 Å². The molecule has 0 aliphatic carbocycles. The van der Waals surface area contributed by atoms with E-state index in [-0.39, 0.29) is 24.7 Å². The molecule has 2 aromatic rings. The van der Waals surface area contributed by atoms with Gasteiger partial charge in [-0.3, -0.25) is 0 Å². The van der Waals surface area contributed by atoms with E-state index >= 15 is 0 Å². The molecule has 0 N–H and O–H groups in total. The highest BCUT2D eigenvalue weighted by Crippen LogP contribution is 2.17. The Morgan fingerprint density at radius 3 is 1.44 bits per heavy atom. The quantitative estimate of drug-likeness (QED) is 0.757. The summed E-state index contributed by atoms with van der Waals surface area (Å²) < 4.78 is 36.7. The Labute approximate surface area is 104 Å². The molecular formula is C14H12F2O2. The van der Waals surface area contributed by atoms with Crippen LogP contribution in [0.15, 0.2) is 48.5 Å². The number of halogens is 2. The number of para-hydroxylation sites is 2. The second-order valence-electron chi connectivity index (χ2n) is 3.56. The molecule has 0 aliphatic rings. The Bertz CT molecular complexity index is 467. The first-order chi connectivity index (χ1) is 8.77. The zero-order valence-corrected chi connectivity index (χ0v) is 9.61. The first-order valence-electron chi connectivity index (χ1n) is 5.52. The van der Waals surface area contributed by atoms with E-state index in [1.165, 1.54) is 24.3 Å². The molecule has 2 rings (SSSR count). The Balaban J connectivity index is 1.80. The number of ether oxygens (including phenoxy) is 2. The van der Waals surface area contributed by atoms with E-state index in [0.29, 0.717) is 0 Å². The van der Waals surface area contributed by atoms with Crippen molar-refractivity contribution in [1.82, 2.24) is 0 Å². The maximum absolute atomic E-state index is 13.2. The Morgan fingerprint density at radius 2 is 1.06 bits per heavy atom. The molecule has 0 atom stereocenters. The lowest BCUT2D eigenvalue weighted by Gasteiger charge is -2.09. The third kappa shape index (κ3) is 3.20. The van der Waals surface area contributed by atoms with Crippen molar-refractivity contribution in [3.8, 4) is 11.5 Å². The van der Waals surface area contributed by atoms with Crippen LogP contribution in [0.3, 0.4) is 0 Å². The van der Waals surface area contributed by atoms with Gasteiger partial charge in [0.25, 0.3) is 0 Å². The van der Waals surface area contributed by atoms with Crippen molar-refractivity contribution in [3.05, 3.63) is 60.2 Å². The molecule has 0 aliphatic heterocycles. The number of hydrogen-bond acceptors (Lipinski definition) is 2. The third-order valence-corrected chi connectivity index (χ3v) is 2.27. The Morgan fingerprint density at radius 1 is 0.667 bits per heavy atom. The minimum absolute atomic E-state index is 0.148. The fraction of sp³-hybridized carbons (Fsp3) is 0.143. The van der Waals surface area contributed by atoms with E-state index in [1.54, 1.807) is 24.3 Å². The summed E-state index contributed by atoms with van der Waals surface area (Å²) in [4.78, 5) is 0. The predicted octanol–water partition coefficient (Wildman–Crippen LogP) is 3.42. The topological polar surface area (TPSA) is 18.5 Å². The van der Waals surface area contributed by atoms with Crippen molar-refractivity contribution in [3.63, 3.8) is 0 Å². The molecule has 94 valence electrons. The average Bonchev–Trinajstić information content (AvgIpc) is 2.38. The summed E-state index contributed by atoms with van der Waals surface area (Å²) in [5.74, 6) is -0.531. The molecule has 0 amide bonds. The van der Waals surface area contributed by atoms with Gasteiger partial charge in [-0.1, -0.05) is 24.3 Å². The van der Waals surface area contributed by atoms with Gasteiger partial charge in [0.2, 0.25) is 0 Å². The summed E-state index contributed by atoms with van der Waals surface area (Å²) in [6.45, 7) is 0.296. The molecule has 2 aromatic carbocycles. The third-order valence-electron chi connectivity index (χ3n) is 2.27. The zero-order chi connectivity index (χ0) is 12.8. The molecule has 0 spiro atoms. The summed E-state index contributed by atoms with van der Waals surface area (Å²) >= 11 is 0. The number of hydrogen-bond donors (Lipinski definition) is 0. The normalized spacial score (nSPS) is 10.1. The fourth-order valence-electron chi connectivity index (χ4n) is 1.43. The van der Waals surface area contributed by atoms with Gasteiger partial charge in [-0.05, 0) is 24.3 Å². The smallest absolute Gasteiger partial charge is 0.165 e. The van der Waals surface area contributed by atoms with Crippen molar-refractivity contribution in [2.45, 2.75) is 0 Å². The second kappa shape index (κ2) is 6.00. The van der Waals surface area contributed by atoms with Gasteiger partial charge >= 0.3 is 0 Å². The number of benzene rings is 2. The van der Waals surface area contributed by atoms with Crippen LogP contribution in [0.1, 0.15) is 0 Å². The summed E-state index contributed by atoms with van der Waals surface area (Å²) in [6, 6.07) is 12.2. The summed E-state index contributed by atoms with van der Waals surface area (Å²) in [6.07, 6.45) is 0. The summed E-state index contributed by atoms with van der Waals surface area (Å²) in [5, 5.41) is 0. The molecule has 2 nitrogen and oxygen atoms in total. The number of rotatable bonds is 5. The molecule has 0 saturated heterocycles. The van der Waals surface area contributed by atoms with Crippen LogP contribution in [-0.4, -0.2) is 13.2 Å². The van der Waals surface area contributed by atoms with Crippen LogP contribution in [0.2, 0.25) is 0 Å². The van der Waals surface area contributed by atoms with Gasteiger partial charge in [0, 0.05) is 0 Å². The van der Waals surface area contributed by atoms with Gasteiger partial charge in [-0.15, -0.1) is 0 Å². The van der Waals surface area contributed by atoms with Gasteiger partial charge < -0.3 is 9.47 Å². The van der Waals surface area contributed by atoms with E-state index < -0.39 is 11.6 Å². The molecule has 0 aromatic heterocycles. The first kappa shape index (κ1) is 12.4. The Hall–Kier alpha value is -2.10. The molecular weight excluding hydrogens is 238 g/mol. The lowest BCUT2D eigenvalue weighted by molar-refractivity contribution is 0.206. The lowest BCUT2D eigenvalue weighted by atomic mass is 10.3. The van der Waals surface area contributed by atoms with Crippen LogP contribution >= 0.6 is 0 Å². The minimum Gasteiger partial charge on any atom is -0.487 e. The summed E-state index contributed by atoms with van der Waals surface area (Å²) in [5.41, 5.74) is 0. The molecule has 4 heteroatoms. The van der Waals surface area contributed by atoms with Gasteiger partial charge in [0.15, 0.2) is 23.1 Å². The SMILES string of the molecule is Fc1ccccc1OCCOc1ccccc1F. The van der Waals surface area contributed by atoms with E-state index in [0.717, 1.165) is 0 Å². The van der Waals surface area contributed by atoms with Crippen molar-refractivity contribution in [2.24, 2.45) is 0 Å². The summed E-state index contributed by atoms with van der Waals surface area (Å²) in [7, 11) is 0. The van der Waals surface area contributed by atoms with Crippen LogP contribution in [0.5, 0.6) is 11.5 Å². The predicted molar refractivity (Wildman–Crippen MR) is 63.8 cm³/mol. The van der Waals surface area contributed by atoms with Gasteiger partial charge in [-0.2, -0.15) is 0 Å². The molecule has 0 heterocycles. The van der Waals surface area contributed by atoms with Crippen LogP contribution in [0.25, 0.3) is 0 Å². The second-order valence-corrected chi connectivity index (χ2v) is 3.56. The fourth-order valence-corrected chi connectivity index (χ4v) is 1.43. The zero-order valence-electron chi connectivity index (χ0n) is 9.61.